The maximum absolute atomic E-state index is 11.2. The third kappa shape index (κ3) is 4.23. The molecule has 34 heavy (non-hydrogen) atoms. The van der Waals surface area contributed by atoms with E-state index in [4.69, 9.17) is 4.74 Å². The van der Waals surface area contributed by atoms with Gasteiger partial charge in [-0.1, -0.05) is 24.3 Å². The number of carbonyl (C=O) groups excluding carboxylic acids is 2. The molecule has 0 saturated heterocycles. The van der Waals surface area contributed by atoms with Gasteiger partial charge in [0.05, 0.1) is 12.8 Å². The summed E-state index contributed by atoms with van der Waals surface area (Å²) in [5, 5.41) is 0. The van der Waals surface area contributed by atoms with Gasteiger partial charge in [-0.3, -0.25) is 9.59 Å². The first-order chi connectivity index (χ1) is 16.5. The fraction of sp³-hybridized carbons (Fsp3) is 0.133. The van der Waals surface area contributed by atoms with Gasteiger partial charge in [0.2, 0.25) is 0 Å². The highest BCUT2D eigenvalue weighted by molar-refractivity contribution is 5.89. The summed E-state index contributed by atoms with van der Waals surface area (Å²) in [7, 11) is 1.69. The number of methoxy groups -OCH3 is 1. The Kier molecular flexibility index (Phi) is 6.60. The molecule has 0 aliphatic heterocycles. The van der Waals surface area contributed by atoms with Crippen LogP contribution in [0.3, 0.4) is 0 Å². The first-order valence-electron chi connectivity index (χ1n) is 11.1. The van der Waals surface area contributed by atoms with Crippen LogP contribution in [0.4, 0.5) is 17.1 Å². The van der Waals surface area contributed by atoms with Crippen LogP contribution in [0.1, 0.15) is 37.4 Å². The fourth-order valence-corrected chi connectivity index (χ4v) is 4.60. The highest BCUT2D eigenvalue weighted by atomic mass is 16.5. The van der Waals surface area contributed by atoms with Crippen molar-refractivity contribution < 1.29 is 14.3 Å². The zero-order chi connectivity index (χ0) is 24.2. The van der Waals surface area contributed by atoms with Gasteiger partial charge in [0.15, 0.2) is 0 Å². The lowest BCUT2D eigenvalue weighted by Gasteiger charge is -2.31. The molecule has 0 saturated carbocycles. The van der Waals surface area contributed by atoms with Crippen LogP contribution in [0.15, 0.2) is 78.9 Å². The summed E-state index contributed by atoms with van der Waals surface area (Å²) in [4.78, 5) is 24.7. The van der Waals surface area contributed by atoms with Crippen molar-refractivity contribution in [2.75, 3.05) is 12.0 Å². The summed E-state index contributed by atoms with van der Waals surface area (Å²) in [6, 6.07) is 25.3. The van der Waals surface area contributed by atoms with Crippen molar-refractivity contribution >= 4 is 29.6 Å². The van der Waals surface area contributed by atoms with E-state index in [9.17, 15) is 9.59 Å². The first kappa shape index (κ1) is 23.0. The Hall–Kier alpha value is -4.18. The largest absolute Gasteiger partial charge is 0.496 e. The predicted molar refractivity (Wildman–Crippen MR) is 138 cm³/mol. The molecule has 0 amide bonds. The molecule has 4 rings (SSSR count). The highest BCUT2D eigenvalue weighted by Crippen LogP contribution is 2.45. The number of rotatable bonds is 7. The van der Waals surface area contributed by atoms with Crippen molar-refractivity contribution in [1.82, 2.24) is 0 Å². The van der Waals surface area contributed by atoms with E-state index in [1.807, 2.05) is 66.7 Å². The lowest BCUT2D eigenvalue weighted by Crippen LogP contribution is -2.14. The summed E-state index contributed by atoms with van der Waals surface area (Å²) >= 11 is 0. The zero-order valence-electron chi connectivity index (χ0n) is 19.8. The van der Waals surface area contributed by atoms with E-state index in [-0.39, 0.29) is 0 Å². The van der Waals surface area contributed by atoms with Crippen LogP contribution in [0, 0.1) is 20.8 Å². The zero-order valence-corrected chi connectivity index (χ0v) is 19.8. The van der Waals surface area contributed by atoms with Crippen LogP contribution in [0.25, 0.3) is 11.1 Å². The second-order valence-corrected chi connectivity index (χ2v) is 8.31. The van der Waals surface area contributed by atoms with Gasteiger partial charge in [-0.25, -0.2) is 0 Å². The number of hydrogen-bond acceptors (Lipinski definition) is 4. The second-order valence-electron chi connectivity index (χ2n) is 8.31. The van der Waals surface area contributed by atoms with Crippen LogP contribution in [-0.2, 0) is 0 Å². The van der Waals surface area contributed by atoms with Gasteiger partial charge in [-0.05, 0) is 97.6 Å². The van der Waals surface area contributed by atoms with E-state index in [0.717, 1.165) is 63.2 Å². The number of benzene rings is 4. The monoisotopic (exact) mass is 449 g/mol. The highest BCUT2D eigenvalue weighted by Gasteiger charge is 2.22. The minimum Gasteiger partial charge on any atom is -0.496 e. The molecule has 0 heterocycles. The maximum atomic E-state index is 11.2. The third-order valence-corrected chi connectivity index (χ3v) is 6.11. The van der Waals surface area contributed by atoms with Crippen LogP contribution in [0.2, 0.25) is 0 Å². The summed E-state index contributed by atoms with van der Waals surface area (Å²) in [5.41, 5.74) is 9.68. The number of carbonyl (C=O) groups is 2. The van der Waals surface area contributed by atoms with Gasteiger partial charge in [-0.15, -0.1) is 0 Å². The van der Waals surface area contributed by atoms with Crippen molar-refractivity contribution in [1.29, 1.82) is 0 Å². The van der Waals surface area contributed by atoms with E-state index in [2.05, 4.69) is 37.8 Å². The minimum absolute atomic E-state index is 0.618. The van der Waals surface area contributed by atoms with Gasteiger partial charge in [0.1, 0.15) is 18.3 Å². The molecule has 0 atom stereocenters. The van der Waals surface area contributed by atoms with Crippen molar-refractivity contribution in [3.63, 3.8) is 0 Å². The van der Waals surface area contributed by atoms with E-state index >= 15 is 0 Å². The molecule has 0 aliphatic rings. The molecule has 0 aliphatic carbocycles. The smallest absolute Gasteiger partial charge is 0.150 e. The van der Waals surface area contributed by atoms with Crippen LogP contribution >= 0.6 is 0 Å². The molecule has 0 unspecified atom stereocenters. The molecule has 0 bridgehead atoms. The topological polar surface area (TPSA) is 46.6 Å². The normalized spacial score (nSPS) is 10.6. The van der Waals surface area contributed by atoms with Crippen molar-refractivity contribution in [3.05, 3.63) is 107 Å². The summed E-state index contributed by atoms with van der Waals surface area (Å²) in [6.45, 7) is 6.35. The third-order valence-electron chi connectivity index (χ3n) is 6.11. The number of anilines is 3. The lowest BCUT2D eigenvalue weighted by molar-refractivity contribution is 0.111. The Balaban J connectivity index is 2.00. The molecule has 4 aromatic carbocycles. The number of hydrogen-bond donors (Lipinski definition) is 0. The average Bonchev–Trinajstić information content (AvgIpc) is 2.87. The summed E-state index contributed by atoms with van der Waals surface area (Å²) in [5.74, 6) is 0.820. The maximum Gasteiger partial charge on any atom is 0.150 e. The molecule has 170 valence electrons. The van der Waals surface area contributed by atoms with Crippen molar-refractivity contribution in [2.45, 2.75) is 20.8 Å². The first-order valence-corrected chi connectivity index (χ1v) is 11.1. The number of aldehydes is 2. The van der Waals surface area contributed by atoms with Gasteiger partial charge < -0.3 is 9.64 Å². The minimum atomic E-state index is 0.618. The summed E-state index contributed by atoms with van der Waals surface area (Å²) in [6.07, 6.45) is 1.68. The SMILES string of the molecule is COc1ccccc1-c1c(C)cc(C)c(N(c2ccc(C=O)cc2)c2ccc(C=O)cc2)c1C. The molecule has 0 N–H and O–H groups in total. The molecule has 4 heteroatoms. The Morgan fingerprint density at radius 3 is 1.74 bits per heavy atom. The molecule has 0 radical (unpaired) electrons. The van der Waals surface area contributed by atoms with Gasteiger partial charge in [0, 0.05) is 28.1 Å². The van der Waals surface area contributed by atoms with Gasteiger partial charge in [0.25, 0.3) is 0 Å². The van der Waals surface area contributed by atoms with E-state index < -0.39 is 0 Å². The number of para-hydroxylation sites is 1. The fourth-order valence-electron chi connectivity index (χ4n) is 4.60. The number of aryl methyl sites for hydroxylation is 2. The standard InChI is InChI=1S/C30H27NO3/c1-20-17-21(2)30(22(3)29(20)27-7-5-6-8-28(27)34-4)31(25-13-9-23(18-32)10-14-25)26-15-11-24(19-33)12-16-26/h5-19H,1-4H3. The molecule has 4 nitrogen and oxygen atoms in total. The average molecular weight is 450 g/mol. The van der Waals surface area contributed by atoms with Gasteiger partial charge in [-0.2, -0.15) is 0 Å². The van der Waals surface area contributed by atoms with E-state index in [1.165, 1.54) is 0 Å². The number of nitrogens with zero attached hydrogens (tertiary/aromatic N) is 1. The quantitative estimate of drug-likeness (QED) is 0.276. The predicted octanol–water partition coefficient (Wildman–Crippen LogP) is 7.38. The van der Waals surface area contributed by atoms with Crippen molar-refractivity contribution in [2.24, 2.45) is 0 Å². The molecule has 0 aromatic heterocycles. The Morgan fingerprint density at radius 2 is 1.24 bits per heavy atom. The Bertz CT molecular complexity index is 1290. The van der Waals surface area contributed by atoms with Crippen molar-refractivity contribution in [3.8, 4) is 16.9 Å². The van der Waals surface area contributed by atoms with Crippen LogP contribution in [0.5, 0.6) is 5.75 Å². The molecule has 0 fully saturated rings. The molecule has 0 spiro atoms. The summed E-state index contributed by atoms with van der Waals surface area (Å²) < 4.78 is 5.68. The van der Waals surface area contributed by atoms with Crippen LogP contribution < -0.4 is 9.64 Å². The molecular formula is C30H27NO3. The molecule has 4 aromatic rings. The van der Waals surface area contributed by atoms with E-state index in [1.54, 1.807) is 7.11 Å². The Morgan fingerprint density at radius 1 is 0.706 bits per heavy atom. The second kappa shape index (κ2) is 9.75. The lowest BCUT2D eigenvalue weighted by atomic mass is 9.90. The van der Waals surface area contributed by atoms with Crippen LogP contribution in [-0.4, -0.2) is 19.7 Å². The molecular weight excluding hydrogens is 422 g/mol. The van der Waals surface area contributed by atoms with Gasteiger partial charge >= 0.3 is 0 Å². The Labute approximate surface area is 200 Å². The number of ether oxygens (including phenoxy) is 1. The van der Waals surface area contributed by atoms with E-state index in [0.29, 0.717) is 11.1 Å².